The van der Waals surface area contributed by atoms with Crippen molar-refractivity contribution < 1.29 is 0 Å². The zero-order chi connectivity index (χ0) is 8.77. The second-order valence-corrected chi connectivity index (χ2v) is 5.40. The highest BCUT2D eigenvalue weighted by molar-refractivity contribution is 9.10. The fourth-order valence-corrected chi connectivity index (χ4v) is 2.98. The molecule has 1 unspecified atom stereocenters. The van der Waals surface area contributed by atoms with E-state index in [1.807, 2.05) is 0 Å². The van der Waals surface area contributed by atoms with Crippen molar-refractivity contribution in [2.24, 2.45) is 11.1 Å². The quantitative estimate of drug-likeness (QED) is 0.851. The van der Waals surface area contributed by atoms with Gasteiger partial charge < -0.3 is 5.73 Å². The summed E-state index contributed by atoms with van der Waals surface area (Å²) in [6, 6.07) is 0.220. The molecule has 1 aromatic heterocycles. The third-order valence-corrected chi connectivity index (χ3v) is 4.52. The Morgan fingerprint density at radius 1 is 1.58 bits per heavy atom. The minimum atomic E-state index is 0.220. The Kier molecular flexibility index (Phi) is 2.05. The van der Waals surface area contributed by atoms with Crippen LogP contribution in [0.4, 0.5) is 0 Å². The molecule has 0 spiro atoms. The molecule has 0 amide bonds. The molecule has 0 aliphatic heterocycles. The smallest absolute Gasteiger partial charge is 0.0369 e. The van der Waals surface area contributed by atoms with Crippen molar-refractivity contribution in [1.29, 1.82) is 0 Å². The van der Waals surface area contributed by atoms with E-state index in [0.717, 1.165) is 0 Å². The molecular formula is C9H12BrNS. The van der Waals surface area contributed by atoms with Crippen LogP contribution in [0.15, 0.2) is 15.2 Å². The summed E-state index contributed by atoms with van der Waals surface area (Å²) in [5.41, 5.74) is 7.81. The molecule has 1 aliphatic carbocycles. The third kappa shape index (κ3) is 1.34. The second kappa shape index (κ2) is 2.82. The van der Waals surface area contributed by atoms with Gasteiger partial charge in [0.25, 0.3) is 0 Å². The molecule has 1 nitrogen and oxygen atoms in total. The molecule has 1 atom stereocenters. The van der Waals surface area contributed by atoms with E-state index >= 15 is 0 Å². The van der Waals surface area contributed by atoms with Crippen molar-refractivity contribution in [3.05, 3.63) is 20.8 Å². The van der Waals surface area contributed by atoms with Crippen LogP contribution in [0.2, 0.25) is 0 Å². The predicted molar refractivity (Wildman–Crippen MR) is 56.3 cm³/mol. The lowest BCUT2D eigenvalue weighted by Gasteiger charge is -2.17. The topological polar surface area (TPSA) is 26.0 Å². The number of rotatable bonds is 2. The van der Waals surface area contributed by atoms with Crippen LogP contribution < -0.4 is 5.73 Å². The number of nitrogens with two attached hydrogens (primary N) is 1. The van der Waals surface area contributed by atoms with Gasteiger partial charge in [-0.1, -0.05) is 6.92 Å². The molecule has 0 radical (unpaired) electrons. The minimum Gasteiger partial charge on any atom is -0.323 e. The van der Waals surface area contributed by atoms with Crippen LogP contribution >= 0.6 is 27.3 Å². The van der Waals surface area contributed by atoms with E-state index in [1.165, 1.54) is 22.9 Å². The van der Waals surface area contributed by atoms with E-state index in [0.29, 0.717) is 5.41 Å². The molecule has 1 aromatic rings. The summed E-state index contributed by atoms with van der Waals surface area (Å²) in [6.07, 6.45) is 2.55. The van der Waals surface area contributed by atoms with Gasteiger partial charge in [0, 0.05) is 15.9 Å². The van der Waals surface area contributed by atoms with Crippen LogP contribution in [0.1, 0.15) is 31.4 Å². The zero-order valence-corrected chi connectivity index (χ0v) is 9.41. The third-order valence-electron chi connectivity index (χ3n) is 2.77. The fraction of sp³-hybridized carbons (Fsp3) is 0.556. The molecular weight excluding hydrogens is 234 g/mol. The highest BCUT2D eigenvalue weighted by Gasteiger charge is 2.44. The Bertz CT molecular complexity index is 290. The Morgan fingerprint density at radius 3 is 2.67 bits per heavy atom. The van der Waals surface area contributed by atoms with E-state index in [9.17, 15) is 0 Å². The second-order valence-electron chi connectivity index (χ2n) is 3.81. The molecule has 1 aliphatic rings. The summed E-state index contributed by atoms with van der Waals surface area (Å²) >= 11 is 5.23. The maximum Gasteiger partial charge on any atom is 0.0369 e. The Hall–Kier alpha value is 0.140. The highest BCUT2D eigenvalue weighted by atomic mass is 79.9. The number of halogens is 1. The van der Waals surface area contributed by atoms with Crippen molar-refractivity contribution >= 4 is 27.3 Å². The fourth-order valence-electron chi connectivity index (χ4n) is 1.40. The summed E-state index contributed by atoms with van der Waals surface area (Å²) in [6.45, 7) is 2.27. The summed E-state index contributed by atoms with van der Waals surface area (Å²) in [5.74, 6) is 0. The molecule has 2 N–H and O–H groups in total. The van der Waals surface area contributed by atoms with Gasteiger partial charge in [0.1, 0.15) is 0 Å². The summed E-state index contributed by atoms with van der Waals surface area (Å²) in [4.78, 5) is 0. The zero-order valence-electron chi connectivity index (χ0n) is 7.01. The van der Waals surface area contributed by atoms with Gasteiger partial charge in [0.2, 0.25) is 0 Å². The molecule has 66 valence electrons. The molecule has 0 aromatic carbocycles. The van der Waals surface area contributed by atoms with E-state index in [1.54, 1.807) is 11.3 Å². The van der Waals surface area contributed by atoms with Crippen molar-refractivity contribution in [3.63, 3.8) is 0 Å². The normalized spacial score (nSPS) is 22.2. The first-order chi connectivity index (χ1) is 5.63. The van der Waals surface area contributed by atoms with Crippen LogP contribution in [-0.4, -0.2) is 0 Å². The van der Waals surface area contributed by atoms with Crippen molar-refractivity contribution in [3.8, 4) is 0 Å². The van der Waals surface area contributed by atoms with Crippen LogP contribution in [-0.2, 0) is 0 Å². The van der Waals surface area contributed by atoms with Gasteiger partial charge in [0.15, 0.2) is 0 Å². The van der Waals surface area contributed by atoms with Gasteiger partial charge in [0.05, 0.1) is 0 Å². The molecule has 12 heavy (non-hydrogen) atoms. The molecule has 0 saturated heterocycles. The van der Waals surface area contributed by atoms with E-state index in [4.69, 9.17) is 5.73 Å². The van der Waals surface area contributed by atoms with E-state index in [-0.39, 0.29) is 6.04 Å². The van der Waals surface area contributed by atoms with Crippen LogP contribution in [0.3, 0.4) is 0 Å². The van der Waals surface area contributed by atoms with E-state index < -0.39 is 0 Å². The molecule has 1 fully saturated rings. The maximum atomic E-state index is 6.16. The maximum absolute atomic E-state index is 6.16. The van der Waals surface area contributed by atoms with Crippen LogP contribution in [0.25, 0.3) is 0 Å². The summed E-state index contributed by atoms with van der Waals surface area (Å²) in [5, 5.41) is 4.25. The lowest BCUT2D eigenvalue weighted by Crippen LogP contribution is -2.19. The molecule has 3 heteroatoms. The molecule has 1 heterocycles. The highest BCUT2D eigenvalue weighted by Crippen LogP contribution is 2.54. The Balaban J connectivity index is 2.25. The van der Waals surface area contributed by atoms with Gasteiger partial charge in [-0.15, -0.1) is 0 Å². The lowest BCUT2D eigenvalue weighted by molar-refractivity contribution is 0.451. The number of hydrogen-bond donors (Lipinski definition) is 1. The predicted octanol–water partition coefficient (Wildman–Crippen LogP) is 3.31. The van der Waals surface area contributed by atoms with E-state index in [2.05, 4.69) is 33.6 Å². The first kappa shape index (κ1) is 8.73. The van der Waals surface area contributed by atoms with Gasteiger partial charge in [-0.25, -0.2) is 0 Å². The number of hydrogen-bond acceptors (Lipinski definition) is 2. The van der Waals surface area contributed by atoms with Gasteiger partial charge in [-0.3, -0.25) is 0 Å². The van der Waals surface area contributed by atoms with Gasteiger partial charge in [-0.05, 0) is 45.1 Å². The average molecular weight is 246 g/mol. The largest absolute Gasteiger partial charge is 0.323 e. The Labute approximate surface area is 85.1 Å². The van der Waals surface area contributed by atoms with Crippen LogP contribution in [0, 0.1) is 5.41 Å². The summed E-state index contributed by atoms with van der Waals surface area (Å²) < 4.78 is 1.17. The molecule has 2 rings (SSSR count). The summed E-state index contributed by atoms with van der Waals surface area (Å²) in [7, 11) is 0. The van der Waals surface area contributed by atoms with Gasteiger partial charge in [-0.2, -0.15) is 11.3 Å². The first-order valence-electron chi connectivity index (χ1n) is 4.11. The van der Waals surface area contributed by atoms with Crippen molar-refractivity contribution in [2.45, 2.75) is 25.8 Å². The van der Waals surface area contributed by atoms with Crippen LogP contribution in [0.5, 0.6) is 0 Å². The lowest BCUT2D eigenvalue weighted by atomic mass is 9.95. The van der Waals surface area contributed by atoms with Crippen molar-refractivity contribution in [2.75, 3.05) is 0 Å². The molecule has 1 saturated carbocycles. The van der Waals surface area contributed by atoms with Gasteiger partial charge >= 0.3 is 0 Å². The SMILES string of the molecule is CC1(C(N)c2cscc2Br)CC1. The average Bonchev–Trinajstić information content (AvgIpc) is 2.63. The standard InChI is InChI=1S/C9H12BrNS/c1-9(2-3-9)8(11)6-4-12-5-7(6)10/h4-5,8H,2-3,11H2,1H3. The first-order valence-corrected chi connectivity index (χ1v) is 5.84. The minimum absolute atomic E-state index is 0.220. The number of thiophene rings is 1. The van der Waals surface area contributed by atoms with Crippen molar-refractivity contribution in [1.82, 2.24) is 0 Å². The monoisotopic (exact) mass is 245 g/mol. The molecule has 0 bridgehead atoms. The Morgan fingerprint density at radius 2 is 2.25 bits per heavy atom.